The highest BCUT2D eigenvalue weighted by Gasteiger charge is 2.31. The Kier molecular flexibility index (Phi) is 3.32. The van der Waals surface area contributed by atoms with Gasteiger partial charge in [0.1, 0.15) is 12.6 Å². The first-order valence-corrected chi connectivity index (χ1v) is 5.27. The van der Waals surface area contributed by atoms with Gasteiger partial charge in [-0.15, -0.1) is 0 Å². The Bertz CT molecular complexity index is 516. The minimum atomic E-state index is -4.48. The van der Waals surface area contributed by atoms with Crippen LogP contribution in [0.3, 0.4) is 0 Å². The molecule has 102 valence electrons. The molecule has 2 amide bonds. The van der Waals surface area contributed by atoms with E-state index in [1.54, 1.807) is 0 Å². The molecule has 19 heavy (non-hydrogen) atoms. The Labute approximate surface area is 105 Å². The number of benzene rings is 1. The third-order valence-corrected chi connectivity index (χ3v) is 2.45. The normalized spacial score (nSPS) is 18.7. The van der Waals surface area contributed by atoms with Crippen molar-refractivity contribution in [3.05, 3.63) is 29.8 Å². The van der Waals surface area contributed by atoms with Crippen molar-refractivity contribution in [3.8, 4) is 0 Å². The number of anilines is 1. The Hall–Kier alpha value is -2.25. The predicted octanol–water partition coefficient (Wildman–Crippen LogP) is 1.75. The van der Waals surface area contributed by atoms with Gasteiger partial charge in [-0.25, -0.2) is 4.79 Å². The number of alkyl halides is 3. The van der Waals surface area contributed by atoms with Crippen LogP contribution in [0.1, 0.15) is 5.56 Å². The van der Waals surface area contributed by atoms with Crippen LogP contribution in [0, 0.1) is 0 Å². The summed E-state index contributed by atoms with van der Waals surface area (Å²) in [5.74, 6) is -0.634. The van der Waals surface area contributed by atoms with E-state index in [0.717, 1.165) is 12.1 Å². The van der Waals surface area contributed by atoms with E-state index < -0.39 is 29.8 Å². The second-order valence-electron chi connectivity index (χ2n) is 3.86. The zero-order valence-corrected chi connectivity index (χ0v) is 9.45. The second-order valence-corrected chi connectivity index (χ2v) is 3.86. The average molecular weight is 274 g/mol. The van der Waals surface area contributed by atoms with E-state index in [-0.39, 0.29) is 12.3 Å². The summed E-state index contributed by atoms with van der Waals surface area (Å²) >= 11 is 0. The van der Waals surface area contributed by atoms with Crippen LogP contribution in [-0.2, 0) is 15.7 Å². The number of cyclic esters (lactones) is 1. The molecule has 1 unspecified atom stereocenters. The molecule has 5 nitrogen and oxygen atoms in total. The van der Waals surface area contributed by atoms with Crippen molar-refractivity contribution in [1.82, 2.24) is 5.32 Å². The van der Waals surface area contributed by atoms with E-state index >= 15 is 0 Å². The lowest BCUT2D eigenvalue weighted by Gasteiger charge is -2.11. The van der Waals surface area contributed by atoms with Gasteiger partial charge in [0, 0.05) is 5.69 Å². The molecule has 0 bridgehead atoms. The van der Waals surface area contributed by atoms with E-state index in [2.05, 4.69) is 15.4 Å². The zero-order valence-electron chi connectivity index (χ0n) is 9.45. The maximum atomic E-state index is 12.5. The average Bonchev–Trinajstić information content (AvgIpc) is 2.75. The first-order chi connectivity index (χ1) is 8.86. The molecule has 0 aliphatic carbocycles. The molecule has 0 radical (unpaired) electrons. The molecular formula is C11H9F3N2O3. The van der Waals surface area contributed by atoms with E-state index in [9.17, 15) is 22.8 Å². The lowest BCUT2D eigenvalue weighted by atomic mass is 10.2. The lowest BCUT2D eigenvalue weighted by molar-refractivity contribution is -0.137. The number of carbonyl (C=O) groups excluding carboxylic acids is 2. The highest BCUT2D eigenvalue weighted by Crippen LogP contribution is 2.30. The van der Waals surface area contributed by atoms with Gasteiger partial charge < -0.3 is 15.4 Å². The Balaban J connectivity index is 2.07. The fourth-order valence-corrected chi connectivity index (χ4v) is 1.53. The Morgan fingerprint density at radius 3 is 2.74 bits per heavy atom. The molecular weight excluding hydrogens is 265 g/mol. The summed E-state index contributed by atoms with van der Waals surface area (Å²) in [5.41, 5.74) is -0.863. The van der Waals surface area contributed by atoms with Crippen LogP contribution in [-0.4, -0.2) is 24.6 Å². The van der Waals surface area contributed by atoms with Crippen molar-refractivity contribution in [1.29, 1.82) is 0 Å². The minimum absolute atomic E-state index is 0.000902. The van der Waals surface area contributed by atoms with Crippen LogP contribution in [0.15, 0.2) is 24.3 Å². The number of nitrogens with one attached hydrogen (secondary N) is 2. The first-order valence-electron chi connectivity index (χ1n) is 5.27. The van der Waals surface area contributed by atoms with Gasteiger partial charge in [-0.1, -0.05) is 6.07 Å². The minimum Gasteiger partial charge on any atom is -0.447 e. The quantitative estimate of drug-likeness (QED) is 0.863. The molecule has 1 aliphatic heterocycles. The summed E-state index contributed by atoms with van der Waals surface area (Å²) in [7, 11) is 0. The van der Waals surface area contributed by atoms with E-state index in [4.69, 9.17) is 0 Å². The van der Waals surface area contributed by atoms with E-state index in [0.29, 0.717) is 0 Å². The molecule has 1 saturated heterocycles. The molecule has 1 aromatic carbocycles. The highest BCUT2D eigenvalue weighted by molar-refractivity contribution is 5.97. The molecule has 1 aliphatic rings. The molecule has 8 heteroatoms. The number of ether oxygens (including phenoxy) is 1. The molecule has 1 fully saturated rings. The molecule has 0 aromatic heterocycles. The number of amides is 2. The maximum Gasteiger partial charge on any atom is 0.416 e. The number of alkyl carbamates (subject to hydrolysis) is 1. The second kappa shape index (κ2) is 4.79. The number of rotatable bonds is 2. The molecule has 0 saturated carbocycles. The summed E-state index contributed by atoms with van der Waals surface area (Å²) in [6.07, 6.45) is -5.21. The molecule has 1 aromatic rings. The van der Waals surface area contributed by atoms with Crippen molar-refractivity contribution in [2.45, 2.75) is 12.2 Å². The lowest BCUT2D eigenvalue weighted by Crippen LogP contribution is -2.38. The van der Waals surface area contributed by atoms with Crippen LogP contribution in [0.5, 0.6) is 0 Å². The third-order valence-electron chi connectivity index (χ3n) is 2.45. The largest absolute Gasteiger partial charge is 0.447 e. The van der Waals surface area contributed by atoms with Crippen LogP contribution in [0.25, 0.3) is 0 Å². The fraction of sp³-hybridized carbons (Fsp3) is 0.273. The molecule has 2 rings (SSSR count). The van der Waals surface area contributed by atoms with Crippen LogP contribution >= 0.6 is 0 Å². The van der Waals surface area contributed by atoms with Crippen LogP contribution < -0.4 is 10.6 Å². The SMILES string of the molecule is O=C1NC(C(=O)Nc2cccc(C(F)(F)F)c2)CO1. The van der Waals surface area contributed by atoms with Crippen LogP contribution in [0.4, 0.5) is 23.7 Å². The number of halogens is 3. The summed E-state index contributed by atoms with van der Waals surface area (Å²) in [6, 6.07) is 3.32. The predicted molar refractivity (Wildman–Crippen MR) is 58.3 cm³/mol. The van der Waals surface area contributed by atoms with Gasteiger partial charge in [0.05, 0.1) is 5.56 Å². The Morgan fingerprint density at radius 1 is 1.42 bits per heavy atom. The highest BCUT2D eigenvalue weighted by atomic mass is 19.4. The molecule has 0 spiro atoms. The van der Waals surface area contributed by atoms with Gasteiger partial charge in [-0.3, -0.25) is 4.79 Å². The third kappa shape index (κ3) is 3.15. The topological polar surface area (TPSA) is 67.4 Å². The van der Waals surface area contributed by atoms with E-state index in [1.807, 2.05) is 0 Å². The molecule has 1 heterocycles. The smallest absolute Gasteiger partial charge is 0.416 e. The summed E-state index contributed by atoms with van der Waals surface area (Å²) in [6.45, 7) is -0.149. The van der Waals surface area contributed by atoms with Crippen molar-refractivity contribution >= 4 is 17.7 Å². The van der Waals surface area contributed by atoms with Gasteiger partial charge in [-0.05, 0) is 18.2 Å². The number of hydrogen-bond donors (Lipinski definition) is 2. The summed E-state index contributed by atoms with van der Waals surface area (Å²) < 4.78 is 41.9. The fourth-order valence-electron chi connectivity index (χ4n) is 1.53. The monoisotopic (exact) mass is 274 g/mol. The maximum absolute atomic E-state index is 12.5. The molecule has 1 atom stereocenters. The number of carbonyl (C=O) groups is 2. The van der Waals surface area contributed by atoms with Crippen LogP contribution in [0.2, 0.25) is 0 Å². The van der Waals surface area contributed by atoms with Crippen molar-refractivity contribution < 1.29 is 27.5 Å². The molecule has 2 N–H and O–H groups in total. The summed E-state index contributed by atoms with van der Waals surface area (Å²) in [4.78, 5) is 22.4. The van der Waals surface area contributed by atoms with Crippen molar-refractivity contribution in [2.75, 3.05) is 11.9 Å². The van der Waals surface area contributed by atoms with Crippen molar-refractivity contribution in [2.24, 2.45) is 0 Å². The summed E-state index contributed by atoms with van der Waals surface area (Å²) in [5, 5.41) is 4.51. The zero-order chi connectivity index (χ0) is 14.0. The standard InChI is InChI=1S/C11H9F3N2O3/c12-11(13,14)6-2-1-3-7(4-6)15-9(17)8-5-19-10(18)16-8/h1-4,8H,5H2,(H,15,17)(H,16,18). The van der Waals surface area contributed by atoms with Gasteiger partial charge in [-0.2, -0.15) is 13.2 Å². The van der Waals surface area contributed by atoms with Gasteiger partial charge in [0.2, 0.25) is 0 Å². The van der Waals surface area contributed by atoms with E-state index in [1.165, 1.54) is 12.1 Å². The van der Waals surface area contributed by atoms with Gasteiger partial charge in [0.15, 0.2) is 0 Å². The van der Waals surface area contributed by atoms with Gasteiger partial charge in [0.25, 0.3) is 5.91 Å². The van der Waals surface area contributed by atoms with Crippen molar-refractivity contribution in [3.63, 3.8) is 0 Å². The first kappa shape index (κ1) is 13.2. The Morgan fingerprint density at radius 2 is 2.16 bits per heavy atom. The van der Waals surface area contributed by atoms with Gasteiger partial charge >= 0.3 is 12.3 Å². The number of hydrogen-bond acceptors (Lipinski definition) is 3.